The highest BCUT2D eigenvalue weighted by atomic mass is 16.7. The van der Waals surface area contributed by atoms with Crippen molar-refractivity contribution in [1.82, 2.24) is 15.0 Å². The Morgan fingerprint density at radius 1 is 1.05 bits per heavy atom. The molecule has 2 aromatic heterocycles. The lowest BCUT2D eigenvalue weighted by Crippen LogP contribution is -2.60. The van der Waals surface area contributed by atoms with E-state index < -0.39 is 89.0 Å². The first-order chi connectivity index (χ1) is 29.7. The Labute approximate surface area is 370 Å². The third-order valence-electron chi connectivity index (χ3n) is 13.0. The molecule has 0 aromatic carbocycles. The van der Waals surface area contributed by atoms with Crippen LogP contribution in [0.1, 0.15) is 107 Å². The van der Waals surface area contributed by atoms with Gasteiger partial charge in [-0.05, 0) is 97.9 Å². The summed E-state index contributed by atoms with van der Waals surface area (Å²) in [5, 5.41) is 20.9. The van der Waals surface area contributed by atoms with Gasteiger partial charge in [0.05, 0.1) is 48.1 Å². The average molecular weight is 882 g/mol. The average Bonchev–Trinajstić information content (AvgIpc) is 3.76. The minimum absolute atomic E-state index is 0.0201. The third kappa shape index (κ3) is 11.8. The molecule has 3 aliphatic heterocycles. The Bertz CT molecular complexity index is 1950. The summed E-state index contributed by atoms with van der Waals surface area (Å²) >= 11 is 0. The number of esters is 2. The molecular formula is C46H67N5O12. The summed E-state index contributed by atoms with van der Waals surface area (Å²) < 4.78 is 37.7. The van der Waals surface area contributed by atoms with E-state index in [1.807, 2.05) is 52.8 Å². The summed E-state index contributed by atoms with van der Waals surface area (Å²) in [4.78, 5) is 71.2. The molecule has 63 heavy (non-hydrogen) atoms. The van der Waals surface area contributed by atoms with Gasteiger partial charge < -0.3 is 43.1 Å². The normalized spacial score (nSPS) is 36.3. The van der Waals surface area contributed by atoms with E-state index in [2.05, 4.69) is 20.3 Å². The SMILES string of the molecule is CC[C@H]1OC(=O)[C@H](C)C(=O)[C@H](C)[C@@H](O[C@@H]2O[C@H](C)C[C@H](N(C)C)[C@H]2OC(C)=O)[C@@]2(C)C[C@@H](C)/C(=N\C(C)=O)[C@H](C)[C@@H](CC/C(=N\OCc3ccc(-c4ccno4)cn3)CO2)[C@]1(C)O. The van der Waals surface area contributed by atoms with Crippen LogP contribution < -0.4 is 0 Å². The van der Waals surface area contributed by atoms with Crippen LogP contribution in [-0.2, 0) is 54.3 Å². The molecule has 0 unspecified atom stereocenters. The lowest BCUT2D eigenvalue weighted by atomic mass is 9.68. The Kier molecular flexibility index (Phi) is 16.6. The minimum Gasteiger partial charge on any atom is -0.459 e. The second-order valence-corrected chi connectivity index (χ2v) is 18.2. The van der Waals surface area contributed by atoms with Crippen LogP contribution >= 0.6 is 0 Å². The van der Waals surface area contributed by atoms with Gasteiger partial charge in [0.15, 0.2) is 30.5 Å². The molecule has 0 spiro atoms. The minimum atomic E-state index is -1.66. The van der Waals surface area contributed by atoms with Crippen molar-refractivity contribution in [3.63, 3.8) is 0 Å². The van der Waals surface area contributed by atoms with Gasteiger partial charge in [0.1, 0.15) is 17.6 Å². The molecule has 348 valence electrons. The number of aliphatic imine (C=N–C) groups is 1. The zero-order valence-electron chi connectivity index (χ0n) is 38.9. The highest BCUT2D eigenvalue weighted by Gasteiger charge is 2.53. The van der Waals surface area contributed by atoms with Crippen LogP contribution in [0.2, 0.25) is 0 Å². The van der Waals surface area contributed by atoms with E-state index in [0.717, 1.165) is 5.56 Å². The standard InChI is InChI=1S/C46H67N5O12/c1-13-38-46(10,56)35-17-16-34(50-58-24-33-15-14-32(22-47-33)37-18-19-48-63-37)23-57-45(9,21-25(2)39(27(35)4)49-30(7)52)42(28(5)40(54)29(6)43(55)61-38)62-44-41(60-31(8)53)36(51(11)12)20-26(3)59-44/h14-15,18-19,22,25-29,35-36,38,41-42,44,56H,13,16-17,20-21,23-24H2,1-12H3/b49-39+,50-34+/t25-,26-,27-,28+,29-,35-,36+,38-,41-,42-,44+,45-,46+/m1/s1. The Hall–Kier alpha value is -4.42. The van der Waals surface area contributed by atoms with Gasteiger partial charge in [0.25, 0.3) is 0 Å². The number of ether oxygens (including phenoxy) is 5. The lowest BCUT2D eigenvalue weighted by molar-refractivity contribution is -0.298. The predicted octanol–water partition coefficient (Wildman–Crippen LogP) is 5.75. The van der Waals surface area contributed by atoms with E-state index in [0.29, 0.717) is 35.7 Å². The summed E-state index contributed by atoms with van der Waals surface area (Å²) in [5.41, 5.74) is -0.725. The van der Waals surface area contributed by atoms with Gasteiger partial charge in [0, 0.05) is 49.2 Å². The second kappa shape index (κ2) is 21.0. The van der Waals surface area contributed by atoms with Crippen LogP contribution in [0.5, 0.6) is 0 Å². The number of hydrogen-bond acceptors (Lipinski definition) is 16. The maximum Gasteiger partial charge on any atom is 0.316 e. The van der Waals surface area contributed by atoms with Crippen molar-refractivity contribution in [2.45, 2.75) is 156 Å². The monoisotopic (exact) mass is 881 g/mol. The number of cyclic esters (lactones) is 1. The maximum absolute atomic E-state index is 14.7. The van der Waals surface area contributed by atoms with Crippen molar-refractivity contribution in [1.29, 1.82) is 0 Å². The maximum atomic E-state index is 14.7. The van der Waals surface area contributed by atoms with Crippen molar-refractivity contribution < 1.29 is 57.3 Å². The summed E-state index contributed by atoms with van der Waals surface area (Å²) in [6.45, 7) is 16.8. The fraction of sp³-hybridized carbons (Fsp3) is 0.696. The van der Waals surface area contributed by atoms with E-state index in [-0.39, 0.29) is 44.6 Å². The summed E-state index contributed by atoms with van der Waals surface area (Å²) in [7, 11) is 3.76. The number of ketones is 1. The molecule has 1 amide bonds. The van der Waals surface area contributed by atoms with Crippen LogP contribution in [0, 0.1) is 29.6 Å². The topological polar surface area (TPSA) is 211 Å². The van der Waals surface area contributed by atoms with Gasteiger partial charge in [-0.3, -0.25) is 24.2 Å². The van der Waals surface area contributed by atoms with Gasteiger partial charge in [0.2, 0.25) is 5.91 Å². The fourth-order valence-corrected chi connectivity index (χ4v) is 9.64. The molecule has 5 heterocycles. The van der Waals surface area contributed by atoms with Crippen molar-refractivity contribution in [2.75, 3.05) is 20.7 Å². The van der Waals surface area contributed by atoms with Crippen LogP contribution in [-0.4, -0.2) is 124 Å². The first-order valence-electron chi connectivity index (χ1n) is 22.0. The van der Waals surface area contributed by atoms with Crippen LogP contribution in [0.3, 0.4) is 0 Å². The second-order valence-electron chi connectivity index (χ2n) is 18.2. The molecule has 3 saturated heterocycles. The van der Waals surface area contributed by atoms with Crippen molar-refractivity contribution in [3.8, 4) is 11.3 Å². The van der Waals surface area contributed by atoms with E-state index >= 15 is 0 Å². The highest BCUT2D eigenvalue weighted by molar-refractivity contribution is 6.00. The molecular weight excluding hydrogens is 815 g/mol. The number of amides is 1. The number of hydrogen-bond donors (Lipinski definition) is 1. The first kappa shape index (κ1) is 49.6. The molecule has 1 N–H and O–H groups in total. The quantitative estimate of drug-likeness (QED) is 0.180. The number of oxime groups is 1. The van der Waals surface area contributed by atoms with Gasteiger partial charge in [-0.25, -0.2) is 4.99 Å². The number of pyridine rings is 1. The first-order valence-corrected chi connectivity index (χ1v) is 22.0. The molecule has 2 bridgehead atoms. The number of likely N-dealkylation sites (N-methyl/N-ethyl adjacent to an activating group) is 1. The molecule has 13 atom stereocenters. The smallest absolute Gasteiger partial charge is 0.316 e. The Morgan fingerprint density at radius 3 is 2.38 bits per heavy atom. The molecule has 0 aliphatic carbocycles. The number of nitrogens with zero attached hydrogens (tertiary/aromatic N) is 5. The zero-order chi connectivity index (χ0) is 46.4. The van der Waals surface area contributed by atoms with E-state index in [4.69, 9.17) is 33.0 Å². The lowest BCUT2D eigenvalue weighted by Gasteiger charge is -2.48. The van der Waals surface area contributed by atoms with Crippen molar-refractivity contribution in [3.05, 3.63) is 36.3 Å². The van der Waals surface area contributed by atoms with Crippen molar-refractivity contribution >= 4 is 35.1 Å². The molecule has 17 heteroatoms. The number of fused-ring (bicyclic) bond motifs is 5. The molecule has 3 aliphatic rings. The fourth-order valence-electron chi connectivity index (χ4n) is 9.64. The number of carbonyl (C=O) groups is 4. The summed E-state index contributed by atoms with van der Waals surface area (Å²) in [5.74, 6) is -5.62. The Balaban J connectivity index is 1.66. The van der Waals surface area contributed by atoms with Gasteiger partial charge in [-0.2, -0.15) is 0 Å². The largest absolute Gasteiger partial charge is 0.459 e. The van der Waals surface area contributed by atoms with Gasteiger partial charge in [-0.15, -0.1) is 0 Å². The third-order valence-corrected chi connectivity index (χ3v) is 13.0. The molecule has 0 saturated carbocycles. The van der Waals surface area contributed by atoms with Crippen molar-refractivity contribution in [2.24, 2.45) is 39.7 Å². The molecule has 0 radical (unpaired) electrons. The highest BCUT2D eigenvalue weighted by Crippen LogP contribution is 2.42. The number of Topliss-reactive ketones (excluding diaryl/α,β-unsaturated/α-hetero) is 1. The number of aliphatic hydroxyl groups is 1. The van der Waals surface area contributed by atoms with Crippen LogP contribution in [0.15, 0.2) is 45.3 Å². The van der Waals surface area contributed by atoms with E-state index in [1.54, 1.807) is 45.3 Å². The van der Waals surface area contributed by atoms with E-state index in [1.165, 1.54) is 20.8 Å². The van der Waals surface area contributed by atoms with Crippen LogP contribution in [0.25, 0.3) is 11.3 Å². The predicted molar refractivity (Wildman–Crippen MR) is 231 cm³/mol. The molecule has 17 nitrogen and oxygen atoms in total. The number of rotatable bonds is 9. The van der Waals surface area contributed by atoms with Crippen LogP contribution in [0.4, 0.5) is 0 Å². The molecule has 3 fully saturated rings. The number of aromatic nitrogens is 2. The van der Waals surface area contributed by atoms with Gasteiger partial charge >= 0.3 is 11.9 Å². The summed E-state index contributed by atoms with van der Waals surface area (Å²) in [6.07, 6.45) is 0.105. The van der Waals surface area contributed by atoms with E-state index in [9.17, 15) is 24.3 Å². The summed E-state index contributed by atoms with van der Waals surface area (Å²) in [6, 6.07) is 5.06. The van der Waals surface area contributed by atoms with Gasteiger partial charge in [-0.1, -0.05) is 38.0 Å². The zero-order valence-corrected chi connectivity index (χ0v) is 38.9. The Morgan fingerprint density at radius 2 is 1.78 bits per heavy atom. The molecule has 2 aromatic rings. The molecule has 5 rings (SSSR count). The number of carbonyl (C=O) groups excluding carboxylic acids is 4.